The van der Waals surface area contributed by atoms with Gasteiger partial charge in [-0.1, -0.05) is 0 Å². The molecule has 1 fully saturated rings. The number of hydrogen-bond donors (Lipinski definition) is 1. The lowest BCUT2D eigenvalue weighted by Crippen LogP contribution is -2.49. The van der Waals surface area contributed by atoms with Crippen LogP contribution in [0, 0.1) is 6.92 Å². The van der Waals surface area contributed by atoms with Crippen molar-refractivity contribution >= 4 is 22.4 Å². The lowest BCUT2D eigenvalue weighted by Gasteiger charge is -2.33. The normalized spacial score (nSPS) is 17.5. The third-order valence-electron chi connectivity index (χ3n) is 5.19. The van der Waals surface area contributed by atoms with Crippen molar-refractivity contribution in [3.05, 3.63) is 59.0 Å². The summed E-state index contributed by atoms with van der Waals surface area (Å²) in [6, 6.07) is 8.37. The SMILES string of the molecule is Cc1cn2cc(-c3cc4ccc(N5CCN[C@H](C)C5)cc4oc3=O)cnc2n1. The summed E-state index contributed by atoms with van der Waals surface area (Å²) < 4.78 is 7.49. The monoisotopic (exact) mass is 375 g/mol. The maximum atomic E-state index is 12.7. The molecule has 4 heterocycles. The predicted octanol–water partition coefficient (Wildman–Crippen LogP) is 2.61. The molecule has 3 aromatic heterocycles. The van der Waals surface area contributed by atoms with Crippen molar-refractivity contribution in [1.29, 1.82) is 0 Å². The maximum Gasteiger partial charge on any atom is 0.344 e. The summed E-state index contributed by atoms with van der Waals surface area (Å²) in [6.45, 7) is 6.91. The highest BCUT2D eigenvalue weighted by Gasteiger charge is 2.17. The number of imidazole rings is 1. The van der Waals surface area contributed by atoms with E-state index in [2.05, 4.69) is 33.2 Å². The molecule has 28 heavy (non-hydrogen) atoms. The van der Waals surface area contributed by atoms with E-state index in [-0.39, 0.29) is 5.63 Å². The van der Waals surface area contributed by atoms with Crippen LogP contribution in [0.3, 0.4) is 0 Å². The number of fused-ring (bicyclic) bond motifs is 2. The molecule has 142 valence electrons. The van der Waals surface area contributed by atoms with Gasteiger partial charge in [-0.2, -0.15) is 0 Å². The molecule has 0 bridgehead atoms. The van der Waals surface area contributed by atoms with Gasteiger partial charge in [0.15, 0.2) is 0 Å². The van der Waals surface area contributed by atoms with Crippen LogP contribution in [0.25, 0.3) is 27.9 Å². The van der Waals surface area contributed by atoms with Crippen LogP contribution in [0.2, 0.25) is 0 Å². The zero-order chi connectivity index (χ0) is 19.3. The standard InChI is InChI=1S/C21H21N5O2/c1-13-10-25(6-5-22-13)17-4-3-15-7-18(20(27)28-19(15)8-17)16-9-23-21-24-14(2)11-26(21)12-16/h3-4,7-9,11-13,22H,5-6,10H2,1-2H3/t13-/m1/s1. The summed E-state index contributed by atoms with van der Waals surface area (Å²) in [5.74, 6) is 0.612. The molecule has 0 saturated carbocycles. The quantitative estimate of drug-likeness (QED) is 0.543. The number of nitrogens with one attached hydrogen (secondary N) is 1. The zero-order valence-electron chi connectivity index (χ0n) is 15.8. The fourth-order valence-electron chi connectivity index (χ4n) is 3.81. The van der Waals surface area contributed by atoms with Crippen LogP contribution in [0.4, 0.5) is 5.69 Å². The maximum absolute atomic E-state index is 12.7. The van der Waals surface area contributed by atoms with Gasteiger partial charge in [0, 0.05) is 67.0 Å². The van der Waals surface area contributed by atoms with Gasteiger partial charge in [0.1, 0.15) is 5.58 Å². The van der Waals surface area contributed by atoms with Crippen LogP contribution in [0.15, 0.2) is 52.1 Å². The topological polar surface area (TPSA) is 75.7 Å². The van der Waals surface area contributed by atoms with Gasteiger partial charge >= 0.3 is 5.63 Å². The van der Waals surface area contributed by atoms with Crippen LogP contribution in [-0.4, -0.2) is 40.0 Å². The van der Waals surface area contributed by atoms with Crippen LogP contribution < -0.4 is 15.8 Å². The van der Waals surface area contributed by atoms with Gasteiger partial charge in [-0.25, -0.2) is 14.8 Å². The van der Waals surface area contributed by atoms with Crippen molar-refractivity contribution in [2.45, 2.75) is 19.9 Å². The van der Waals surface area contributed by atoms with Crippen molar-refractivity contribution in [3.8, 4) is 11.1 Å². The molecule has 1 aliphatic rings. The average molecular weight is 375 g/mol. The summed E-state index contributed by atoms with van der Waals surface area (Å²) >= 11 is 0. The van der Waals surface area contributed by atoms with Crippen LogP contribution in [0.5, 0.6) is 0 Å². The largest absolute Gasteiger partial charge is 0.422 e. The highest BCUT2D eigenvalue weighted by atomic mass is 16.4. The average Bonchev–Trinajstić information content (AvgIpc) is 3.06. The predicted molar refractivity (Wildman–Crippen MR) is 109 cm³/mol. The van der Waals surface area contributed by atoms with Crippen molar-refractivity contribution in [1.82, 2.24) is 19.7 Å². The number of rotatable bonds is 2. The highest BCUT2D eigenvalue weighted by molar-refractivity contribution is 5.84. The Hall–Kier alpha value is -3.19. The van der Waals surface area contributed by atoms with E-state index in [4.69, 9.17) is 4.42 Å². The third kappa shape index (κ3) is 2.93. The van der Waals surface area contributed by atoms with Gasteiger partial charge in [-0.3, -0.25) is 4.40 Å². The molecular weight excluding hydrogens is 354 g/mol. The molecule has 1 atom stereocenters. The van der Waals surface area contributed by atoms with E-state index in [1.54, 1.807) is 6.20 Å². The molecule has 1 N–H and O–H groups in total. The van der Waals surface area contributed by atoms with Gasteiger partial charge in [-0.05, 0) is 32.0 Å². The third-order valence-corrected chi connectivity index (χ3v) is 5.19. The Morgan fingerprint density at radius 3 is 3.00 bits per heavy atom. The van der Waals surface area contributed by atoms with E-state index in [0.29, 0.717) is 28.5 Å². The number of aromatic nitrogens is 3. The van der Waals surface area contributed by atoms with Crippen molar-refractivity contribution < 1.29 is 4.42 Å². The van der Waals surface area contributed by atoms with Crippen LogP contribution in [0.1, 0.15) is 12.6 Å². The molecular formula is C21H21N5O2. The summed E-state index contributed by atoms with van der Waals surface area (Å²) in [7, 11) is 0. The first-order valence-electron chi connectivity index (χ1n) is 9.45. The van der Waals surface area contributed by atoms with E-state index in [1.165, 1.54) is 0 Å². The van der Waals surface area contributed by atoms with Crippen molar-refractivity contribution in [3.63, 3.8) is 0 Å². The number of anilines is 1. The Balaban J connectivity index is 1.56. The molecule has 0 radical (unpaired) electrons. The summed E-state index contributed by atoms with van der Waals surface area (Å²) in [6.07, 6.45) is 5.41. The zero-order valence-corrected chi connectivity index (χ0v) is 15.8. The molecule has 0 amide bonds. The van der Waals surface area contributed by atoms with Gasteiger partial charge in [0.2, 0.25) is 5.78 Å². The Bertz CT molecular complexity index is 1240. The summed E-state index contributed by atoms with van der Waals surface area (Å²) in [5.41, 5.74) is 3.40. The molecule has 1 aliphatic heterocycles. The van der Waals surface area contributed by atoms with Gasteiger partial charge in [0.25, 0.3) is 0 Å². The molecule has 5 rings (SSSR count). The lowest BCUT2D eigenvalue weighted by molar-refractivity contribution is 0.484. The molecule has 0 spiro atoms. The molecule has 7 nitrogen and oxygen atoms in total. The molecule has 1 saturated heterocycles. The fourth-order valence-corrected chi connectivity index (χ4v) is 3.81. The van der Waals surface area contributed by atoms with E-state index in [1.807, 2.05) is 41.9 Å². The Kier molecular flexibility index (Phi) is 3.91. The summed E-state index contributed by atoms with van der Waals surface area (Å²) in [4.78, 5) is 23.6. The van der Waals surface area contributed by atoms with Crippen LogP contribution >= 0.6 is 0 Å². The number of piperazine rings is 1. The second-order valence-corrected chi connectivity index (χ2v) is 7.40. The van der Waals surface area contributed by atoms with Crippen LogP contribution in [-0.2, 0) is 0 Å². The Morgan fingerprint density at radius 2 is 2.14 bits per heavy atom. The molecule has 7 heteroatoms. The molecule has 0 aliphatic carbocycles. The second-order valence-electron chi connectivity index (χ2n) is 7.40. The Morgan fingerprint density at radius 1 is 1.25 bits per heavy atom. The number of nitrogens with zero attached hydrogens (tertiary/aromatic N) is 4. The fraction of sp³-hybridized carbons (Fsp3) is 0.286. The minimum Gasteiger partial charge on any atom is -0.422 e. The van der Waals surface area contributed by atoms with Crippen molar-refractivity contribution in [2.75, 3.05) is 24.5 Å². The molecule has 0 unspecified atom stereocenters. The first-order chi connectivity index (χ1) is 13.6. The van der Waals surface area contributed by atoms with E-state index < -0.39 is 0 Å². The molecule has 1 aromatic carbocycles. The smallest absolute Gasteiger partial charge is 0.344 e. The highest BCUT2D eigenvalue weighted by Crippen LogP contribution is 2.25. The first kappa shape index (κ1) is 16.9. The van der Waals surface area contributed by atoms with Crippen molar-refractivity contribution in [2.24, 2.45) is 0 Å². The molecule has 4 aromatic rings. The van der Waals surface area contributed by atoms with E-state index in [0.717, 1.165) is 36.4 Å². The number of benzene rings is 1. The van der Waals surface area contributed by atoms with Gasteiger partial charge in [-0.15, -0.1) is 0 Å². The minimum absolute atomic E-state index is 0.365. The van der Waals surface area contributed by atoms with E-state index >= 15 is 0 Å². The summed E-state index contributed by atoms with van der Waals surface area (Å²) in [5, 5.41) is 4.33. The number of hydrogen-bond acceptors (Lipinski definition) is 6. The van der Waals surface area contributed by atoms with Gasteiger partial charge < -0.3 is 14.6 Å². The first-order valence-corrected chi connectivity index (χ1v) is 9.45. The van der Waals surface area contributed by atoms with E-state index in [9.17, 15) is 4.79 Å². The Labute approximate surface area is 161 Å². The minimum atomic E-state index is -0.365. The second kappa shape index (κ2) is 6.45. The number of aryl methyl sites for hydroxylation is 1. The lowest BCUT2D eigenvalue weighted by atomic mass is 10.1. The van der Waals surface area contributed by atoms with Gasteiger partial charge in [0.05, 0.1) is 11.3 Å².